The van der Waals surface area contributed by atoms with Crippen molar-refractivity contribution in [3.05, 3.63) is 82.8 Å². The average molecular weight is 366 g/mol. The summed E-state index contributed by atoms with van der Waals surface area (Å²) in [5.74, 6) is 0.0222. The van der Waals surface area contributed by atoms with Gasteiger partial charge >= 0.3 is 0 Å². The second-order valence-electron chi connectivity index (χ2n) is 6.15. The minimum absolute atomic E-state index is 0.0222. The second kappa shape index (κ2) is 8.59. The lowest BCUT2D eigenvalue weighted by Crippen LogP contribution is -2.23. The molecule has 132 valence electrons. The molecule has 2 heterocycles. The summed E-state index contributed by atoms with van der Waals surface area (Å²) < 4.78 is 0. The number of benzene rings is 1. The van der Waals surface area contributed by atoms with Gasteiger partial charge in [-0.05, 0) is 54.3 Å². The van der Waals surface area contributed by atoms with Crippen molar-refractivity contribution < 1.29 is 4.79 Å². The fourth-order valence-electron chi connectivity index (χ4n) is 2.62. The van der Waals surface area contributed by atoms with Crippen LogP contribution >= 0.6 is 11.6 Å². The standard InChI is InChI=1S/C21H20ClN3O/c1-15-11-16(4-7-19(15)22)6-9-21(26)25-13-17-5-8-20(24-12-17)18-3-2-10-23-14-18/h2-5,7-8,10-12,14H,6,9,13H2,1H3,(H,25,26). The normalized spacial score (nSPS) is 10.5. The van der Waals surface area contributed by atoms with Gasteiger partial charge in [0.1, 0.15) is 0 Å². The summed E-state index contributed by atoms with van der Waals surface area (Å²) >= 11 is 6.02. The summed E-state index contributed by atoms with van der Waals surface area (Å²) in [6, 6.07) is 13.6. The van der Waals surface area contributed by atoms with Crippen molar-refractivity contribution in [2.45, 2.75) is 26.3 Å². The number of rotatable bonds is 6. The predicted octanol–water partition coefficient (Wildman–Crippen LogP) is 4.35. The molecule has 0 spiro atoms. The van der Waals surface area contributed by atoms with Crippen LogP contribution in [0.5, 0.6) is 0 Å². The quantitative estimate of drug-likeness (QED) is 0.706. The zero-order valence-corrected chi connectivity index (χ0v) is 15.3. The number of hydrogen-bond donors (Lipinski definition) is 1. The Balaban J connectivity index is 1.49. The van der Waals surface area contributed by atoms with E-state index in [0.717, 1.165) is 33.0 Å². The molecule has 0 saturated carbocycles. The lowest BCUT2D eigenvalue weighted by Gasteiger charge is -2.07. The van der Waals surface area contributed by atoms with Crippen LogP contribution in [0, 0.1) is 6.92 Å². The molecule has 3 rings (SSSR count). The highest BCUT2D eigenvalue weighted by Crippen LogP contribution is 2.17. The van der Waals surface area contributed by atoms with Gasteiger partial charge in [0.05, 0.1) is 5.69 Å². The number of halogens is 1. The van der Waals surface area contributed by atoms with Gasteiger partial charge in [0, 0.05) is 42.1 Å². The Labute approximate surface area is 158 Å². The van der Waals surface area contributed by atoms with Crippen LogP contribution in [0.3, 0.4) is 0 Å². The molecule has 0 saturated heterocycles. The molecule has 0 unspecified atom stereocenters. The SMILES string of the molecule is Cc1cc(CCC(=O)NCc2ccc(-c3cccnc3)nc2)ccc1Cl. The molecular weight excluding hydrogens is 346 g/mol. The number of pyridine rings is 2. The van der Waals surface area contributed by atoms with Gasteiger partial charge in [0.15, 0.2) is 0 Å². The maximum atomic E-state index is 12.1. The van der Waals surface area contributed by atoms with E-state index in [1.165, 1.54) is 0 Å². The molecule has 5 heteroatoms. The summed E-state index contributed by atoms with van der Waals surface area (Å²) in [5.41, 5.74) is 4.95. The van der Waals surface area contributed by atoms with Crippen LogP contribution in [-0.4, -0.2) is 15.9 Å². The highest BCUT2D eigenvalue weighted by Gasteiger charge is 2.05. The Morgan fingerprint density at radius 2 is 1.96 bits per heavy atom. The molecule has 0 aliphatic carbocycles. The van der Waals surface area contributed by atoms with E-state index in [2.05, 4.69) is 15.3 Å². The highest BCUT2D eigenvalue weighted by atomic mass is 35.5. The summed E-state index contributed by atoms with van der Waals surface area (Å²) in [4.78, 5) is 20.6. The fraction of sp³-hybridized carbons (Fsp3) is 0.190. The van der Waals surface area contributed by atoms with E-state index in [4.69, 9.17) is 11.6 Å². The maximum Gasteiger partial charge on any atom is 0.220 e. The van der Waals surface area contributed by atoms with E-state index in [1.54, 1.807) is 18.6 Å². The molecule has 4 nitrogen and oxygen atoms in total. The minimum Gasteiger partial charge on any atom is -0.352 e. The van der Waals surface area contributed by atoms with E-state index in [1.807, 2.05) is 49.4 Å². The monoisotopic (exact) mass is 365 g/mol. The number of carbonyl (C=O) groups excluding carboxylic acids is 1. The number of nitrogens with one attached hydrogen (secondary N) is 1. The van der Waals surface area contributed by atoms with Crippen molar-refractivity contribution in [2.24, 2.45) is 0 Å². The van der Waals surface area contributed by atoms with E-state index in [-0.39, 0.29) is 5.91 Å². The third-order valence-electron chi connectivity index (χ3n) is 4.13. The Morgan fingerprint density at radius 3 is 2.65 bits per heavy atom. The zero-order chi connectivity index (χ0) is 18.4. The number of aryl methyl sites for hydroxylation is 2. The molecule has 0 atom stereocenters. The van der Waals surface area contributed by atoms with Gasteiger partial charge in [-0.15, -0.1) is 0 Å². The number of aromatic nitrogens is 2. The van der Waals surface area contributed by atoms with Gasteiger partial charge < -0.3 is 5.32 Å². The van der Waals surface area contributed by atoms with Crippen LogP contribution < -0.4 is 5.32 Å². The van der Waals surface area contributed by atoms with Crippen LogP contribution in [0.2, 0.25) is 5.02 Å². The van der Waals surface area contributed by atoms with E-state index in [0.29, 0.717) is 19.4 Å². The van der Waals surface area contributed by atoms with Crippen molar-refractivity contribution >= 4 is 17.5 Å². The van der Waals surface area contributed by atoms with Crippen LogP contribution in [0.25, 0.3) is 11.3 Å². The van der Waals surface area contributed by atoms with Gasteiger partial charge in [0.2, 0.25) is 5.91 Å². The van der Waals surface area contributed by atoms with Crippen molar-refractivity contribution in [1.82, 2.24) is 15.3 Å². The number of amides is 1. The number of nitrogens with zero attached hydrogens (tertiary/aromatic N) is 2. The van der Waals surface area contributed by atoms with Crippen molar-refractivity contribution in [3.8, 4) is 11.3 Å². The van der Waals surface area contributed by atoms with E-state index >= 15 is 0 Å². The van der Waals surface area contributed by atoms with Crippen LogP contribution in [0.4, 0.5) is 0 Å². The van der Waals surface area contributed by atoms with Crippen molar-refractivity contribution in [1.29, 1.82) is 0 Å². The highest BCUT2D eigenvalue weighted by molar-refractivity contribution is 6.31. The topological polar surface area (TPSA) is 54.9 Å². The van der Waals surface area contributed by atoms with Gasteiger partial charge in [-0.25, -0.2) is 0 Å². The van der Waals surface area contributed by atoms with Gasteiger partial charge in [-0.1, -0.05) is 29.8 Å². The molecule has 2 aromatic heterocycles. The first-order valence-corrected chi connectivity index (χ1v) is 8.86. The Kier molecular flexibility index (Phi) is 5.97. The first-order chi connectivity index (χ1) is 12.6. The Hall–Kier alpha value is -2.72. The summed E-state index contributed by atoms with van der Waals surface area (Å²) in [6.45, 7) is 2.44. The lowest BCUT2D eigenvalue weighted by molar-refractivity contribution is -0.121. The minimum atomic E-state index is 0.0222. The molecular formula is C21H20ClN3O. The smallest absolute Gasteiger partial charge is 0.220 e. The number of carbonyl (C=O) groups is 1. The summed E-state index contributed by atoms with van der Waals surface area (Å²) in [7, 11) is 0. The molecule has 1 N–H and O–H groups in total. The van der Waals surface area contributed by atoms with Crippen molar-refractivity contribution in [2.75, 3.05) is 0 Å². The van der Waals surface area contributed by atoms with E-state index < -0.39 is 0 Å². The lowest BCUT2D eigenvalue weighted by atomic mass is 10.1. The molecule has 1 aromatic carbocycles. The molecule has 0 aliphatic heterocycles. The second-order valence-corrected chi connectivity index (χ2v) is 6.56. The molecule has 0 radical (unpaired) electrons. The Morgan fingerprint density at radius 1 is 1.12 bits per heavy atom. The first-order valence-electron chi connectivity index (χ1n) is 8.49. The summed E-state index contributed by atoms with van der Waals surface area (Å²) in [5, 5.41) is 3.69. The van der Waals surface area contributed by atoms with E-state index in [9.17, 15) is 4.79 Å². The van der Waals surface area contributed by atoms with Crippen LogP contribution in [0.15, 0.2) is 61.1 Å². The number of hydrogen-bond acceptors (Lipinski definition) is 3. The third kappa shape index (κ3) is 4.90. The van der Waals surface area contributed by atoms with Gasteiger partial charge in [-0.2, -0.15) is 0 Å². The van der Waals surface area contributed by atoms with Crippen LogP contribution in [-0.2, 0) is 17.8 Å². The maximum absolute atomic E-state index is 12.1. The molecule has 1 amide bonds. The first kappa shape index (κ1) is 18.1. The predicted molar refractivity (Wildman–Crippen MR) is 104 cm³/mol. The fourth-order valence-corrected chi connectivity index (χ4v) is 2.74. The molecule has 0 aliphatic rings. The summed E-state index contributed by atoms with van der Waals surface area (Å²) in [6.07, 6.45) is 6.44. The zero-order valence-electron chi connectivity index (χ0n) is 14.6. The third-order valence-corrected chi connectivity index (χ3v) is 4.56. The molecule has 3 aromatic rings. The van der Waals surface area contributed by atoms with Crippen molar-refractivity contribution in [3.63, 3.8) is 0 Å². The van der Waals surface area contributed by atoms with Gasteiger partial charge in [0.25, 0.3) is 0 Å². The largest absolute Gasteiger partial charge is 0.352 e. The van der Waals surface area contributed by atoms with Crippen LogP contribution in [0.1, 0.15) is 23.1 Å². The Bertz CT molecular complexity index is 880. The molecule has 0 fully saturated rings. The molecule has 0 bridgehead atoms. The van der Waals surface area contributed by atoms with Gasteiger partial charge in [-0.3, -0.25) is 14.8 Å². The molecule has 26 heavy (non-hydrogen) atoms. The average Bonchev–Trinajstić information content (AvgIpc) is 2.68.